The van der Waals surface area contributed by atoms with Gasteiger partial charge in [-0.05, 0) is 37.5 Å². The van der Waals surface area contributed by atoms with Gasteiger partial charge >= 0.3 is 0 Å². The van der Waals surface area contributed by atoms with Crippen LogP contribution in [0, 0.1) is 5.82 Å². The summed E-state index contributed by atoms with van der Waals surface area (Å²) in [5, 5.41) is 3.51. The molecule has 0 amide bonds. The molecule has 0 aromatic heterocycles. The van der Waals surface area contributed by atoms with Crippen molar-refractivity contribution < 1.29 is 9.13 Å². The Kier molecular flexibility index (Phi) is 3.91. The van der Waals surface area contributed by atoms with Crippen molar-refractivity contribution in [2.24, 2.45) is 0 Å². The van der Waals surface area contributed by atoms with Gasteiger partial charge in [0, 0.05) is 18.7 Å². The number of nitrogens with one attached hydrogen (secondary N) is 1. The average molecular weight is 223 g/mol. The quantitative estimate of drug-likeness (QED) is 0.850. The van der Waals surface area contributed by atoms with E-state index < -0.39 is 0 Å². The van der Waals surface area contributed by atoms with Crippen LogP contribution in [0.15, 0.2) is 24.3 Å². The zero-order valence-corrected chi connectivity index (χ0v) is 9.58. The maximum atomic E-state index is 12.8. The van der Waals surface area contributed by atoms with E-state index in [1.807, 2.05) is 12.1 Å². The van der Waals surface area contributed by atoms with Gasteiger partial charge in [-0.25, -0.2) is 4.39 Å². The molecular formula is C13H18FNO. The molecule has 2 atom stereocenters. The van der Waals surface area contributed by atoms with Crippen LogP contribution in [0.5, 0.6) is 0 Å². The molecule has 2 nitrogen and oxygen atoms in total. The predicted molar refractivity (Wildman–Crippen MR) is 61.8 cm³/mol. The Balaban J connectivity index is 1.91. The third-order valence-electron chi connectivity index (χ3n) is 3.02. The Bertz CT molecular complexity index is 319. The Labute approximate surface area is 95.8 Å². The van der Waals surface area contributed by atoms with Crippen LogP contribution in [0.3, 0.4) is 0 Å². The van der Waals surface area contributed by atoms with Gasteiger partial charge in [0.1, 0.15) is 5.82 Å². The van der Waals surface area contributed by atoms with Crippen molar-refractivity contribution in [3.63, 3.8) is 0 Å². The first-order valence-electron chi connectivity index (χ1n) is 5.85. The van der Waals surface area contributed by atoms with Crippen molar-refractivity contribution in [2.45, 2.75) is 31.8 Å². The lowest BCUT2D eigenvalue weighted by Gasteiger charge is -2.26. The van der Waals surface area contributed by atoms with E-state index in [2.05, 4.69) is 12.2 Å². The van der Waals surface area contributed by atoms with Gasteiger partial charge in [0.2, 0.25) is 0 Å². The maximum Gasteiger partial charge on any atom is 0.123 e. The lowest BCUT2D eigenvalue weighted by atomic mass is 10.0. The van der Waals surface area contributed by atoms with Crippen molar-refractivity contribution in [3.8, 4) is 0 Å². The smallest absolute Gasteiger partial charge is 0.123 e. The largest absolute Gasteiger partial charge is 0.380 e. The molecule has 1 aromatic carbocycles. The summed E-state index contributed by atoms with van der Waals surface area (Å²) in [6.07, 6.45) is 2.28. The molecule has 0 saturated carbocycles. The van der Waals surface area contributed by atoms with Crippen molar-refractivity contribution in [3.05, 3.63) is 35.6 Å². The van der Waals surface area contributed by atoms with E-state index in [1.165, 1.54) is 12.1 Å². The first-order chi connectivity index (χ1) is 7.75. The summed E-state index contributed by atoms with van der Waals surface area (Å²) in [6, 6.07) is 7.34. The summed E-state index contributed by atoms with van der Waals surface area (Å²) < 4.78 is 18.2. The Hall–Kier alpha value is -0.930. The van der Waals surface area contributed by atoms with Gasteiger partial charge in [-0.3, -0.25) is 0 Å². The fraction of sp³-hybridized carbons (Fsp3) is 0.538. The average Bonchev–Trinajstić information content (AvgIpc) is 2.31. The van der Waals surface area contributed by atoms with Gasteiger partial charge in [0.05, 0.1) is 6.61 Å². The van der Waals surface area contributed by atoms with E-state index in [4.69, 9.17) is 4.74 Å². The Morgan fingerprint density at radius 1 is 1.38 bits per heavy atom. The van der Waals surface area contributed by atoms with Crippen molar-refractivity contribution in [2.75, 3.05) is 13.2 Å². The molecule has 3 heteroatoms. The summed E-state index contributed by atoms with van der Waals surface area (Å²) >= 11 is 0. The van der Waals surface area contributed by atoms with E-state index >= 15 is 0 Å². The first-order valence-corrected chi connectivity index (χ1v) is 5.85. The fourth-order valence-corrected chi connectivity index (χ4v) is 2.07. The molecule has 1 N–H and O–H groups in total. The molecule has 1 heterocycles. The van der Waals surface area contributed by atoms with Gasteiger partial charge in [-0.15, -0.1) is 0 Å². The summed E-state index contributed by atoms with van der Waals surface area (Å²) in [5.41, 5.74) is 1.12. The highest BCUT2D eigenvalue weighted by Gasteiger charge is 2.16. The molecule has 2 rings (SSSR count). The number of rotatable bonds is 3. The van der Waals surface area contributed by atoms with Gasteiger partial charge < -0.3 is 10.1 Å². The van der Waals surface area contributed by atoms with Crippen LogP contribution >= 0.6 is 0 Å². The number of ether oxygens (including phenoxy) is 1. The summed E-state index contributed by atoms with van der Waals surface area (Å²) in [4.78, 5) is 0. The first kappa shape index (κ1) is 11.6. The molecule has 88 valence electrons. The second-order valence-corrected chi connectivity index (χ2v) is 4.35. The van der Waals surface area contributed by atoms with E-state index in [9.17, 15) is 4.39 Å². The predicted octanol–water partition coefficient (Wildman–Crippen LogP) is 2.66. The van der Waals surface area contributed by atoms with E-state index in [-0.39, 0.29) is 11.9 Å². The molecule has 1 aliphatic heterocycles. The van der Waals surface area contributed by atoms with E-state index in [0.29, 0.717) is 6.04 Å². The van der Waals surface area contributed by atoms with Gasteiger partial charge in [0.25, 0.3) is 0 Å². The van der Waals surface area contributed by atoms with Gasteiger partial charge in [0.15, 0.2) is 0 Å². The van der Waals surface area contributed by atoms with Crippen molar-refractivity contribution in [1.82, 2.24) is 5.32 Å². The van der Waals surface area contributed by atoms with Crippen LogP contribution in [0.4, 0.5) is 4.39 Å². The molecule has 2 unspecified atom stereocenters. The minimum absolute atomic E-state index is 0.183. The second-order valence-electron chi connectivity index (χ2n) is 4.35. The van der Waals surface area contributed by atoms with Crippen LogP contribution < -0.4 is 5.32 Å². The van der Waals surface area contributed by atoms with E-state index in [0.717, 1.165) is 31.6 Å². The molecule has 1 aliphatic rings. The fourth-order valence-electron chi connectivity index (χ4n) is 2.07. The highest BCUT2D eigenvalue weighted by atomic mass is 19.1. The lowest BCUT2D eigenvalue weighted by molar-refractivity contribution is 0.0671. The van der Waals surface area contributed by atoms with Crippen molar-refractivity contribution >= 4 is 0 Å². The van der Waals surface area contributed by atoms with E-state index in [1.54, 1.807) is 0 Å². The second kappa shape index (κ2) is 5.41. The van der Waals surface area contributed by atoms with Crippen LogP contribution in [-0.2, 0) is 4.74 Å². The van der Waals surface area contributed by atoms with Gasteiger partial charge in [-0.1, -0.05) is 12.1 Å². The normalized spacial score (nSPS) is 23.0. The zero-order chi connectivity index (χ0) is 11.4. The van der Waals surface area contributed by atoms with Crippen LogP contribution in [-0.4, -0.2) is 19.3 Å². The third kappa shape index (κ3) is 3.03. The molecular weight excluding hydrogens is 205 g/mol. The van der Waals surface area contributed by atoms with Gasteiger partial charge in [-0.2, -0.15) is 0 Å². The number of halogens is 1. The maximum absolute atomic E-state index is 12.8. The molecule has 0 radical (unpaired) electrons. The van der Waals surface area contributed by atoms with Crippen molar-refractivity contribution in [1.29, 1.82) is 0 Å². The summed E-state index contributed by atoms with van der Waals surface area (Å²) in [6.45, 7) is 3.76. The Morgan fingerprint density at radius 2 is 2.12 bits per heavy atom. The topological polar surface area (TPSA) is 21.3 Å². The standard InChI is InChI=1S/C13H18FNO/c1-10(11-4-6-12(14)7-5-11)15-13-3-2-8-16-9-13/h4-7,10,13,15H,2-3,8-9H2,1H3. The Morgan fingerprint density at radius 3 is 2.75 bits per heavy atom. The minimum atomic E-state index is -0.183. The molecule has 0 aliphatic carbocycles. The summed E-state index contributed by atoms with van der Waals surface area (Å²) in [5.74, 6) is -0.183. The number of hydrogen-bond donors (Lipinski definition) is 1. The molecule has 16 heavy (non-hydrogen) atoms. The minimum Gasteiger partial charge on any atom is -0.380 e. The zero-order valence-electron chi connectivity index (χ0n) is 9.58. The highest BCUT2D eigenvalue weighted by Crippen LogP contribution is 2.16. The highest BCUT2D eigenvalue weighted by molar-refractivity contribution is 5.19. The molecule has 1 fully saturated rings. The lowest BCUT2D eigenvalue weighted by Crippen LogP contribution is -2.38. The van der Waals surface area contributed by atoms with Crippen LogP contribution in [0.25, 0.3) is 0 Å². The number of hydrogen-bond acceptors (Lipinski definition) is 2. The summed E-state index contributed by atoms with van der Waals surface area (Å²) in [7, 11) is 0. The molecule has 1 aromatic rings. The van der Waals surface area contributed by atoms with Crippen LogP contribution in [0.1, 0.15) is 31.4 Å². The monoisotopic (exact) mass is 223 g/mol. The molecule has 0 spiro atoms. The SMILES string of the molecule is CC(NC1CCCOC1)c1ccc(F)cc1. The molecule has 0 bridgehead atoms. The van der Waals surface area contributed by atoms with Crippen LogP contribution in [0.2, 0.25) is 0 Å². The third-order valence-corrected chi connectivity index (χ3v) is 3.02. The molecule has 1 saturated heterocycles. The number of benzene rings is 1.